The van der Waals surface area contributed by atoms with Crippen LogP contribution in [0.15, 0.2) is 70.4 Å². The van der Waals surface area contributed by atoms with E-state index in [0.717, 1.165) is 28.4 Å². The molecule has 1 atom stereocenters. The molecule has 0 bridgehead atoms. The van der Waals surface area contributed by atoms with E-state index in [1.165, 1.54) is 0 Å². The Hall–Kier alpha value is -2.86. The molecule has 0 amide bonds. The number of carbonyl (C=O) groups is 2. The highest BCUT2D eigenvalue weighted by Gasteiger charge is 2.43. The highest BCUT2D eigenvalue weighted by molar-refractivity contribution is 7.10. The molecular formula is C25H27NO4S. The number of para-hydroxylation sites is 1. The van der Waals surface area contributed by atoms with E-state index < -0.39 is 5.97 Å². The molecule has 0 saturated heterocycles. The van der Waals surface area contributed by atoms with Crippen LogP contribution in [0.5, 0.6) is 5.75 Å². The van der Waals surface area contributed by atoms with Gasteiger partial charge < -0.3 is 14.8 Å². The minimum Gasteiger partial charge on any atom is -0.490 e. The third-order valence-electron chi connectivity index (χ3n) is 5.62. The first kappa shape index (κ1) is 21.4. The van der Waals surface area contributed by atoms with E-state index in [1.54, 1.807) is 11.3 Å². The van der Waals surface area contributed by atoms with Gasteiger partial charge in [0, 0.05) is 28.3 Å². The Morgan fingerprint density at radius 3 is 2.61 bits per heavy atom. The number of dihydropyridines is 1. The molecule has 1 aliphatic heterocycles. The van der Waals surface area contributed by atoms with Crippen molar-refractivity contribution >= 4 is 23.1 Å². The van der Waals surface area contributed by atoms with Gasteiger partial charge >= 0.3 is 5.97 Å². The zero-order chi connectivity index (χ0) is 22.0. The van der Waals surface area contributed by atoms with Gasteiger partial charge in [0.05, 0.1) is 11.5 Å². The van der Waals surface area contributed by atoms with Gasteiger partial charge in [0.25, 0.3) is 0 Å². The molecule has 2 aromatic rings. The van der Waals surface area contributed by atoms with Crippen molar-refractivity contribution < 1.29 is 19.1 Å². The van der Waals surface area contributed by atoms with Crippen LogP contribution in [0.1, 0.15) is 44.4 Å². The lowest BCUT2D eigenvalue weighted by Crippen LogP contribution is -2.38. The Morgan fingerprint density at radius 1 is 1.13 bits per heavy atom. The third kappa shape index (κ3) is 4.59. The summed E-state index contributed by atoms with van der Waals surface area (Å²) in [7, 11) is 0. The first-order chi connectivity index (χ1) is 14.9. The smallest absolute Gasteiger partial charge is 0.336 e. The predicted molar refractivity (Wildman–Crippen MR) is 121 cm³/mol. The number of Topliss-reactive ketones (excluding diaryl/α,β-unsaturated/α-hetero) is 1. The Labute approximate surface area is 186 Å². The molecule has 1 N–H and O–H groups in total. The number of hydrogen-bond donors (Lipinski definition) is 1. The molecule has 1 aromatic heterocycles. The lowest BCUT2D eigenvalue weighted by Gasteiger charge is -2.39. The van der Waals surface area contributed by atoms with Gasteiger partial charge in [-0.25, -0.2) is 4.79 Å². The Balaban J connectivity index is 1.54. The monoisotopic (exact) mass is 437 g/mol. The highest BCUT2D eigenvalue weighted by Crippen LogP contribution is 2.47. The lowest BCUT2D eigenvalue weighted by atomic mass is 9.70. The van der Waals surface area contributed by atoms with Gasteiger partial charge in [-0.15, -0.1) is 11.3 Å². The van der Waals surface area contributed by atoms with E-state index in [1.807, 2.05) is 54.8 Å². The first-order valence-corrected chi connectivity index (χ1v) is 11.4. The van der Waals surface area contributed by atoms with Crippen LogP contribution < -0.4 is 10.1 Å². The van der Waals surface area contributed by atoms with Crippen molar-refractivity contribution in [3.8, 4) is 5.75 Å². The average molecular weight is 438 g/mol. The summed E-state index contributed by atoms with van der Waals surface area (Å²) in [6.45, 7) is 6.49. The molecule has 0 saturated carbocycles. The topological polar surface area (TPSA) is 64.6 Å². The number of thiophene rings is 1. The number of allylic oxidation sites excluding steroid dienone is 3. The summed E-state index contributed by atoms with van der Waals surface area (Å²) in [5.74, 6) is 0.0314. The number of ketones is 1. The van der Waals surface area contributed by atoms with Crippen molar-refractivity contribution in [1.29, 1.82) is 0 Å². The first-order valence-electron chi connectivity index (χ1n) is 10.5. The van der Waals surface area contributed by atoms with E-state index >= 15 is 0 Å². The molecule has 1 aromatic carbocycles. The zero-order valence-electron chi connectivity index (χ0n) is 18.1. The van der Waals surface area contributed by atoms with Crippen molar-refractivity contribution in [2.45, 2.75) is 39.5 Å². The molecule has 31 heavy (non-hydrogen) atoms. The lowest BCUT2D eigenvalue weighted by molar-refractivity contribution is -0.140. The summed E-state index contributed by atoms with van der Waals surface area (Å²) >= 11 is 1.56. The van der Waals surface area contributed by atoms with Gasteiger partial charge in [-0.1, -0.05) is 38.1 Å². The molecule has 1 unspecified atom stereocenters. The third-order valence-corrected chi connectivity index (χ3v) is 6.55. The van der Waals surface area contributed by atoms with Crippen molar-refractivity contribution in [2.24, 2.45) is 5.41 Å². The maximum atomic E-state index is 13.2. The van der Waals surface area contributed by atoms with Gasteiger partial charge in [-0.2, -0.15) is 0 Å². The number of benzene rings is 1. The van der Waals surface area contributed by atoms with Crippen LogP contribution in [0.2, 0.25) is 0 Å². The Bertz CT molecular complexity index is 1030. The minimum atomic E-state index is -0.413. The van der Waals surface area contributed by atoms with Crippen LogP contribution in [-0.4, -0.2) is 25.0 Å². The molecule has 162 valence electrons. The molecule has 0 radical (unpaired) electrons. The van der Waals surface area contributed by atoms with Crippen molar-refractivity contribution in [3.05, 3.63) is 75.3 Å². The number of carbonyl (C=O) groups excluding carboxylic acids is 2. The largest absolute Gasteiger partial charge is 0.490 e. The zero-order valence-corrected chi connectivity index (χ0v) is 18.9. The fourth-order valence-electron chi connectivity index (χ4n) is 4.34. The second-order valence-electron chi connectivity index (χ2n) is 8.74. The van der Waals surface area contributed by atoms with E-state index in [-0.39, 0.29) is 30.3 Å². The fourth-order valence-corrected chi connectivity index (χ4v) is 5.18. The van der Waals surface area contributed by atoms with Crippen LogP contribution in [0.25, 0.3) is 0 Å². The van der Waals surface area contributed by atoms with Crippen LogP contribution in [0.3, 0.4) is 0 Å². The standard InChI is InChI=1S/C25H27NO4S/c1-16-21(24(28)30-12-11-29-17-8-5-4-6-9-17)23(20-10-7-13-31-20)22-18(26-16)14-25(2,3)15-19(22)27/h4-10,13,23,26H,11-12,14-15H2,1-3H3. The maximum Gasteiger partial charge on any atom is 0.336 e. The number of hydrogen-bond acceptors (Lipinski definition) is 6. The summed E-state index contributed by atoms with van der Waals surface area (Å²) < 4.78 is 11.2. The normalized spacial score (nSPS) is 20.2. The van der Waals surface area contributed by atoms with Crippen LogP contribution in [0.4, 0.5) is 0 Å². The molecule has 5 nitrogen and oxygen atoms in total. The number of esters is 1. The molecule has 1 aliphatic carbocycles. The molecule has 2 heterocycles. The Kier molecular flexibility index (Phi) is 6.01. The van der Waals surface area contributed by atoms with E-state index in [2.05, 4.69) is 19.2 Å². The summed E-state index contributed by atoms with van der Waals surface area (Å²) in [4.78, 5) is 27.3. The number of rotatable bonds is 6. The minimum absolute atomic E-state index is 0.0994. The molecule has 6 heteroatoms. The van der Waals surface area contributed by atoms with Gasteiger partial charge in [0.1, 0.15) is 19.0 Å². The summed E-state index contributed by atoms with van der Waals surface area (Å²) in [5.41, 5.74) is 2.79. The van der Waals surface area contributed by atoms with Gasteiger partial charge in [0.2, 0.25) is 0 Å². The van der Waals surface area contributed by atoms with Crippen LogP contribution in [-0.2, 0) is 14.3 Å². The molecule has 0 fully saturated rings. The van der Waals surface area contributed by atoms with E-state index in [4.69, 9.17) is 9.47 Å². The predicted octanol–water partition coefficient (Wildman–Crippen LogP) is 4.97. The maximum absolute atomic E-state index is 13.2. The number of ether oxygens (including phenoxy) is 2. The fraction of sp³-hybridized carbons (Fsp3) is 0.360. The van der Waals surface area contributed by atoms with Gasteiger partial charge in [0.15, 0.2) is 5.78 Å². The molecule has 2 aliphatic rings. The SMILES string of the molecule is CC1=C(C(=O)OCCOc2ccccc2)C(c2cccs2)C2=C(CC(C)(C)CC2=O)N1. The second-order valence-corrected chi connectivity index (χ2v) is 9.72. The van der Waals surface area contributed by atoms with Crippen molar-refractivity contribution in [1.82, 2.24) is 5.32 Å². The van der Waals surface area contributed by atoms with E-state index in [0.29, 0.717) is 17.6 Å². The van der Waals surface area contributed by atoms with Gasteiger partial charge in [-0.3, -0.25) is 4.79 Å². The van der Waals surface area contributed by atoms with Gasteiger partial charge in [-0.05, 0) is 42.3 Å². The molecular weight excluding hydrogens is 410 g/mol. The summed E-state index contributed by atoms with van der Waals surface area (Å²) in [6.07, 6.45) is 1.25. The highest BCUT2D eigenvalue weighted by atomic mass is 32.1. The van der Waals surface area contributed by atoms with Crippen molar-refractivity contribution in [3.63, 3.8) is 0 Å². The van der Waals surface area contributed by atoms with Crippen LogP contribution in [0, 0.1) is 5.41 Å². The number of nitrogens with one attached hydrogen (secondary N) is 1. The molecule has 0 spiro atoms. The average Bonchev–Trinajstić information content (AvgIpc) is 3.24. The summed E-state index contributed by atoms with van der Waals surface area (Å²) in [5, 5.41) is 5.33. The van der Waals surface area contributed by atoms with E-state index in [9.17, 15) is 9.59 Å². The van der Waals surface area contributed by atoms with Crippen LogP contribution >= 0.6 is 11.3 Å². The Morgan fingerprint density at radius 2 is 1.90 bits per heavy atom. The quantitative estimate of drug-likeness (QED) is 0.510. The molecule has 4 rings (SSSR count). The van der Waals surface area contributed by atoms with Crippen molar-refractivity contribution in [2.75, 3.05) is 13.2 Å². The summed E-state index contributed by atoms with van der Waals surface area (Å²) in [6, 6.07) is 13.3. The second kappa shape index (κ2) is 8.71.